The lowest BCUT2D eigenvalue weighted by molar-refractivity contribution is 0.198. The molecular formula is C16H17Br2NO. The number of benzene rings is 2. The van der Waals surface area contributed by atoms with Crippen molar-refractivity contribution in [3.8, 4) is 0 Å². The molecule has 4 heteroatoms. The summed E-state index contributed by atoms with van der Waals surface area (Å²) in [5.74, 6) is 0. The summed E-state index contributed by atoms with van der Waals surface area (Å²) in [6, 6.07) is 14.3. The zero-order valence-corrected chi connectivity index (χ0v) is 14.6. The summed E-state index contributed by atoms with van der Waals surface area (Å²) in [6.07, 6.45) is -0.466. The maximum Gasteiger partial charge on any atom is 0.0772 e. The molecule has 0 spiro atoms. The van der Waals surface area contributed by atoms with Gasteiger partial charge in [-0.1, -0.05) is 56.1 Å². The van der Waals surface area contributed by atoms with Crippen LogP contribution in [0.4, 0.5) is 5.69 Å². The smallest absolute Gasteiger partial charge is 0.0772 e. The van der Waals surface area contributed by atoms with Gasteiger partial charge in [0.1, 0.15) is 0 Å². The highest BCUT2D eigenvalue weighted by Gasteiger charge is 2.10. The maximum atomic E-state index is 9.66. The third-order valence-electron chi connectivity index (χ3n) is 3.24. The van der Waals surface area contributed by atoms with E-state index in [-0.39, 0.29) is 0 Å². The first-order valence-corrected chi connectivity index (χ1v) is 7.99. The molecule has 0 fully saturated rings. The molecule has 0 amide bonds. The van der Waals surface area contributed by atoms with Crippen LogP contribution in [0, 0.1) is 0 Å². The first-order valence-electron chi connectivity index (χ1n) is 6.41. The van der Waals surface area contributed by atoms with E-state index in [4.69, 9.17) is 0 Å². The molecule has 1 atom stereocenters. The van der Waals surface area contributed by atoms with Crippen LogP contribution >= 0.6 is 31.9 Å². The largest absolute Gasteiger partial charge is 0.389 e. The molecule has 0 unspecified atom stereocenters. The monoisotopic (exact) mass is 397 g/mol. The number of rotatable bonds is 4. The highest BCUT2D eigenvalue weighted by Crippen LogP contribution is 2.29. The molecule has 20 heavy (non-hydrogen) atoms. The van der Waals surface area contributed by atoms with Crippen LogP contribution in [-0.2, 0) is 6.54 Å². The first-order chi connectivity index (χ1) is 9.49. The number of aliphatic hydroxyl groups is 1. The Bertz CT molecular complexity index is 599. The van der Waals surface area contributed by atoms with Crippen LogP contribution in [0.5, 0.6) is 0 Å². The van der Waals surface area contributed by atoms with Crippen LogP contribution in [0.1, 0.15) is 24.2 Å². The Hall–Kier alpha value is -0.840. The number of hydrogen-bond donors (Lipinski definition) is 1. The number of hydrogen-bond acceptors (Lipinski definition) is 2. The van der Waals surface area contributed by atoms with Gasteiger partial charge in [0.25, 0.3) is 0 Å². The van der Waals surface area contributed by atoms with Crippen molar-refractivity contribution < 1.29 is 5.11 Å². The van der Waals surface area contributed by atoms with Crippen molar-refractivity contribution in [3.05, 3.63) is 62.5 Å². The second kappa shape index (κ2) is 6.74. The maximum absolute atomic E-state index is 9.66. The molecule has 2 rings (SSSR count). The van der Waals surface area contributed by atoms with E-state index in [0.717, 1.165) is 26.7 Å². The molecule has 0 bridgehead atoms. The van der Waals surface area contributed by atoms with Crippen molar-refractivity contribution >= 4 is 37.5 Å². The number of anilines is 1. The Labute approximate surface area is 136 Å². The van der Waals surface area contributed by atoms with Crippen molar-refractivity contribution in [1.29, 1.82) is 0 Å². The lowest BCUT2D eigenvalue weighted by Gasteiger charge is -2.21. The molecule has 0 heterocycles. The summed E-state index contributed by atoms with van der Waals surface area (Å²) in [5.41, 5.74) is 3.26. The fourth-order valence-electron chi connectivity index (χ4n) is 2.07. The van der Waals surface area contributed by atoms with Gasteiger partial charge in [-0.15, -0.1) is 0 Å². The van der Waals surface area contributed by atoms with E-state index in [1.807, 2.05) is 30.3 Å². The lowest BCUT2D eigenvalue weighted by atomic mass is 10.1. The van der Waals surface area contributed by atoms with Crippen LogP contribution in [-0.4, -0.2) is 12.2 Å². The zero-order chi connectivity index (χ0) is 14.7. The summed E-state index contributed by atoms with van der Waals surface area (Å²) in [6.45, 7) is 2.59. The molecule has 0 saturated heterocycles. The molecule has 106 valence electrons. The summed E-state index contributed by atoms with van der Waals surface area (Å²) < 4.78 is 2.05. The van der Waals surface area contributed by atoms with Crippen molar-refractivity contribution in [2.75, 3.05) is 11.9 Å². The van der Waals surface area contributed by atoms with Gasteiger partial charge in [0, 0.05) is 28.2 Å². The fourth-order valence-corrected chi connectivity index (χ4v) is 3.17. The third-order valence-corrected chi connectivity index (χ3v) is 4.70. The molecule has 0 aliphatic rings. The van der Waals surface area contributed by atoms with Gasteiger partial charge in [-0.25, -0.2) is 0 Å². The first kappa shape index (κ1) is 15.5. The van der Waals surface area contributed by atoms with E-state index in [1.54, 1.807) is 6.92 Å². The standard InChI is InChI=1S/C16H17Br2NO/c1-11(20)14-8-7-13(9-16(14)18)19(2)10-12-5-3-4-6-15(12)17/h3-9,11,20H,10H2,1-2H3/t11-/m1/s1. The van der Waals surface area contributed by atoms with Gasteiger partial charge in [-0.3, -0.25) is 0 Å². The molecule has 0 aromatic heterocycles. The van der Waals surface area contributed by atoms with Crippen molar-refractivity contribution in [2.45, 2.75) is 19.6 Å². The highest BCUT2D eigenvalue weighted by atomic mass is 79.9. The van der Waals surface area contributed by atoms with E-state index >= 15 is 0 Å². The zero-order valence-electron chi connectivity index (χ0n) is 11.5. The molecule has 2 aromatic carbocycles. The van der Waals surface area contributed by atoms with Crippen LogP contribution in [0.15, 0.2) is 51.4 Å². The Kier molecular flexibility index (Phi) is 5.24. The van der Waals surface area contributed by atoms with Crippen molar-refractivity contribution in [1.82, 2.24) is 0 Å². The molecule has 0 aliphatic carbocycles. The summed E-state index contributed by atoms with van der Waals surface area (Å²) in [5, 5.41) is 9.66. The van der Waals surface area contributed by atoms with Crippen LogP contribution in [0.3, 0.4) is 0 Å². The molecule has 1 N–H and O–H groups in total. The molecule has 0 saturated carbocycles. The predicted octanol–water partition coefficient (Wildman–Crippen LogP) is 4.90. The highest BCUT2D eigenvalue weighted by molar-refractivity contribution is 9.10. The van der Waals surface area contributed by atoms with E-state index < -0.39 is 6.10 Å². The Morgan fingerprint density at radius 2 is 1.80 bits per heavy atom. The number of nitrogens with zero attached hydrogens (tertiary/aromatic N) is 1. The quantitative estimate of drug-likeness (QED) is 0.791. The molecule has 0 radical (unpaired) electrons. The number of aliphatic hydroxyl groups excluding tert-OH is 1. The summed E-state index contributed by atoms with van der Waals surface area (Å²) in [7, 11) is 2.06. The van der Waals surface area contributed by atoms with Crippen LogP contribution in [0.25, 0.3) is 0 Å². The van der Waals surface area contributed by atoms with Gasteiger partial charge in [-0.2, -0.15) is 0 Å². The van der Waals surface area contributed by atoms with Gasteiger partial charge < -0.3 is 10.0 Å². The average molecular weight is 399 g/mol. The van der Waals surface area contributed by atoms with Crippen molar-refractivity contribution in [2.24, 2.45) is 0 Å². The van der Waals surface area contributed by atoms with Gasteiger partial charge in [0.15, 0.2) is 0 Å². The minimum absolute atomic E-state index is 0.466. The summed E-state index contributed by atoms with van der Waals surface area (Å²) in [4.78, 5) is 2.18. The van der Waals surface area contributed by atoms with Gasteiger partial charge >= 0.3 is 0 Å². The van der Waals surface area contributed by atoms with E-state index in [1.165, 1.54) is 5.56 Å². The fraction of sp³-hybridized carbons (Fsp3) is 0.250. The minimum Gasteiger partial charge on any atom is -0.389 e. The van der Waals surface area contributed by atoms with Crippen LogP contribution in [0.2, 0.25) is 0 Å². The Morgan fingerprint density at radius 1 is 1.10 bits per heavy atom. The molecule has 2 nitrogen and oxygen atoms in total. The Morgan fingerprint density at radius 3 is 2.40 bits per heavy atom. The summed E-state index contributed by atoms with van der Waals surface area (Å²) >= 11 is 7.09. The van der Waals surface area contributed by atoms with Crippen molar-refractivity contribution in [3.63, 3.8) is 0 Å². The molecular weight excluding hydrogens is 382 g/mol. The lowest BCUT2D eigenvalue weighted by Crippen LogP contribution is -2.16. The number of halogens is 2. The predicted molar refractivity (Wildman–Crippen MR) is 91.0 cm³/mol. The average Bonchev–Trinajstić information content (AvgIpc) is 2.40. The molecule has 0 aliphatic heterocycles. The third kappa shape index (κ3) is 3.62. The van der Waals surface area contributed by atoms with Crippen LogP contribution < -0.4 is 4.90 Å². The SMILES string of the molecule is C[C@@H](O)c1ccc(N(C)Cc2ccccc2Br)cc1Br. The van der Waals surface area contributed by atoms with Gasteiger partial charge in [-0.05, 0) is 36.2 Å². The van der Waals surface area contributed by atoms with E-state index in [2.05, 4.69) is 55.9 Å². The molecule has 2 aromatic rings. The second-order valence-corrected chi connectivity index (χ2v) is 6.54. The second-order valence-electron chi connectivity index (χ2n) is 4.83. The van der Waals surface area contributed by atoms with E-state index in [9.17, 15) is 5.11 Å². The minimum atomic E-state index is -0.466. The topological polar surface area (TPSA) is 23.5 Å². The van der Waals surface area contributed by atoms with E-state index in [0.29, 0.717) is 0 Å². The van der Waals surface area contributed by atoms with Gasteiger partial charge in [0.2, 0.25) is 0 Å². The Balaban J connectivity index is 2.20. The van der Waals surface area contributed by atoms with Gasteiger partial charge in [0.05, 0.1) is 6.10 Å². The normalized spacial score (nSPS) is 12.2.